The second-order valence-corrected chi connectivity index (χ2v) is 5.96. The Balaban J connectivity index is 1.70. The molecule has 1 saturated heterocycles. The Morgan fingerprint density at radius 2 is 1.83 bits per heavy atom. The molecule has 3 rings (SSSR count). The Kier molecular flexibility index (Phi) is 4.59. The molecule has 4 nitrogen and oxygen atoms in total. The maximum atomic E-state index is 12.5. The highest BCUT2D eigenvalue weighted by molar-refractivity contribution is 5.51. The number of rotatable bonds is 4. The number of benzene rings is 1. The van der Waals surface area contributed by atoms with Gasteiger partial charge >= 0.3 is 6.18 Å². The molecule has 1 aromatic heterocycles. The molecule has 1 aliphatic rings. The molecule has 0 spiro atoms. The molecular weight excluding hydrogens is 317 g/mol. The van der Waals surface area contributed by atoms with E-state index in [-0.39, 0.29) is 6.04 Å². The van der Waals surface area contributed by atoms with Gasteiger partial charge in [0.05, 0.1) is 6.04 Å². The van der Waals surface area contributed by atoms with Crippen LogP contribution < -0.4 is 10.2 Å². The van der Waals surface area contributed by atoms with Crippen molar-refractivity contribution in [1.82, 2.24) is 10.2 Å². The fourth-order valence-electron chi connectivity index (χ4n) is 2.83. The first-order chi connectivity index (χ1) is 11.4. The molecule has 0 bridgehead atoms. The molecule has 2 heterocycles. The van der Waals surface area contributed by atoms with E-state index in [1.54, 1.807) is 0 Å². The Labute approximate surface area is 138 Å². The van der Waals surface area contributed by atoms with Crippen molar-refractivity contribution in [1.29, 1.82) is 0 Å². The summed E-state index contributed by atoms with van der Waals surface area (Å²) in [5.41, 5.74) is 1.25. The smallest absolute Gasteiger partial charge is 0.372 e. The molecule has 1 aliphatic heterocycles. The number of nitrogens with zero attached hydrogens (tertiary/aromatic N) is 3. The Hall–Kier alpha value is -2.31. The van der Waals surface area contributed by atoms with E-state index >= 15 is 0 Å². The van der Waals surface area contributed by atoms with Gasteiger partial charge < -0.3 is 10.2 Å². The fraction of sp³-hybridized carbons (Fsp3) is 0.412. The van der Waals surface area contributed by atoms with Crippen LogP contribution in [0.1, 0.15) is 37.1 Å². The topological polar surface area (TPSA) is 41.1 Å². The predicted octanol–water partition coefficient (Wildman–Crippen LogP) is 4.27. The van der Waals surface area contributed by atoms with E-state index in [1.165, 1.54) is 24.6 Å². The monoisotopic (exact) mass is 336 g/mol. The Morgan fingerprint density at radius 3 is 2.46 bits per heavy atom. The molecule has 0 radical (unpaired) electrons. The molecule has 1 N–H and O–H groups in total. The molecule has 2 aromatic rings. The molecule has 1 fully saturated rings. The average Bonchev–Trinajstić information content (AvgIpc) is 3.09. The maximum absolute atomic E-state index is 12.5. The summed E-state index contributed by atoms with van der Waals surface area (Å²) in [4.78, 5) is 2.34. The molecule has 1 aromatic carbocycles. The average molecular weight is 336 g/mol. The lowest BCUT2D eigenvalue weighted by Gasteiger charge is -2.21. The van der Waals surface area contributed by atoms with Gasteiger partial charge in [0.2, 0.25) is 0 Å². The van der Waals surface area contributed by atoms with Crippen LogP contribution in [-0.4, -0.2) is 23.3 Å². The van der Waals surface area contributed by atoms with E-state index in [0.717, 1.165) is 24.7 Å². The van der Waals surface area contributed by atoms with Crippen LogP contribution in [0.2, 0.25) is 0 Å². The second kappa shape index (κ2) is 6.67. The standard InChI is InChI=1S/C17H19F3N4/c1-12(21-16-8-7-15(22-23-16)17(18,19)20)13-5-4-6-14(11-13)24-9-2-3-10-24/h4-8,11-12H,2-3,9-10H2,1H3,(H,21,23). The number of halogens is 3. The largest absolute Gasteiger partial charge is 0.435 e. The van der Waals surface area contributed by atoms with Crippen LogP contribution in [0.5, 0.6) is 0 Å². The normalized spacial score (nSPS) is 16.2. The summed E-state index contributed by atoms with van der Waals surface area (Å²) in [5.74, 6) is 0.321. The van der Waals surface area contributed by atoms with Gasteiger partial charge in [-0.15, -0.1) is 10.2 Å². The number of aromatic nitrogens is 2. The van der Waals surface area contributed by atoms with Gasteiger partial charge in [-0.25, -0.2) is 0 Å². The first-order valence-electron chi connectivity index (χ1n) is 7.96. The van der Waals surface area contributed by atoms with Crippen LogP contribution in [0.3, 0.4) is 0 Å². The molecule has 0 amide bonds. The molecule has 0 saturated carbocycles. The van der Waals surface area contributed by atoms with Gasteiger partial charge in [0.1, 0.15) is 5.82 Å². The zero-order valence-electron chi connectivity index (χ0n) is 13.3. The highest BCUT2D eigenvalue weighted by Gasteiger charge is 2.32. The number of nitrogens with one attached hydrogen (secondary N) is 1. The summed E-state index contributed by atoms with van der Waals surface area (Å²) in [6.07, 6.45) is -2.06. The van der Waals surface area contributed by atoms with Crippen LogP contribution in [0.15, 0.2) is 36.4 Å². The van der Waals surface area contributed by atoms with Crippen molar-refractivity contribution < 1.29 is 13.2 Å². The number of anilines is 2. The minimum Gasteiger partial charge on any atom is -0.372 e. The number of hydrogen-bond acceptors (Lipinski definition) is 4. The van der Waals surface area contributed by atoms with Crippen LogP contribution in [0.25, 0.3) is 0 Å². The summed E-state index contributed by atoms with van der Waals surface area (Å²) in [5, 5.41) is 9.95. The molecule has 128 valence electrons. The van der Waals surface area contributed by atoms with E-state index in [2.05, 4.69) is 32.5 Å². The Bertz CT molecular complexity index is 679. The molecule has 1 unspecified atom stereocenters. The van der Waals surface area contributed by atoms with Crippen molar-refractivity contribution in [3.63, 3.8) is 0 Å². The first kappa shape index (κ1) is 16.5. The van der Waals surface area contributed by atoms with Crippen LogP contribution in [-0.2, 0) is 6.18 Å². The zero-order chi connectivity index (χ0) is 17.2. The first-order valence-corrected chi connectivity index (χ1v) is 7.96. The van der Waals surface area contributed by atoms with Gasteiger partial charge in [-0.2, -0.15) is 13.2 Å². The van der Waals surface area contributed by atoms with Gasteiger partial charge in [0, 0.05) is 18.8 Å². The summed E-state index contributed by atoms with van der Waals surface area (Å²) in [6, 6.07) is 10.3. The van der Waals surface area contributed by atoms with E-state index in [1.807, 2.05) is 19.1 Å². The van der Waals surface area contributed by atoms with Gasteiger partial charge in [0.25, 0.3) is 0 Å². The third kappa shape index (κ3) is 3.77. The molecule has 1 atom stereocenters. The quantitative estimate of drug-likeness (QED) is 0.905. The zero-order valence-corrected chi connectivity index (χ0v) is 13.3. The van der Waals surface area contributed by atoms with E-state index < -0.39 is 11.9 Å². The molecular formula is C17H19F3N4. The number of hydrogen-bond donors (Lipinski definition) is 1. The van der Waals surface area contributed by atoms with Crippen molar-refractivity contribution in [3.8, 4) is 0 Å². The van der Waals surface area contributed by atoms with Crippen molar-refractivity contribution in [2.75, 3.05) is 23.3 Å². The van der Waals surface area contributed by atoms with E-state index in [0.29, 0.717) is 5.82 Å². The van der Waals surface area contributed by atoms with Crippen molar-refractivity contribution in [3.05, 3.63) is 47.7 Å². The lowest BCUT2D eigenvalue weighted by molar-refractivity contribution is -0.141. The van der Waals surface area contributed by atoms with Gasteiger partial charge in [-0.1, -0.05) is 12.1 Å². The maximum Gasteiger partial charge on any atom is 0.435 e. The summed E-state index contributed by atoms with van der Waals surface area (Å²) in [7, 11) is 0. The van der Waals surface area contributed by atoms with Crippen LogP contribution >= 0.6 is 0 Å². The highest BCUT2D eigenvalue weighted by atomic mass is 19.4. The second-order valence-electron chi connectivity index (χ2n) is 5.96. The minimum atomic E-state index is -4.47. The Morgan fingerprint density at radius 1 is 1.08 bits per heavy atom. The lowest BCUT2D eigenvalue weighted by Crippen LogP contribution is -2.18. The molecule has 7 heteroatoms. The SMILES string of the molecule is CC(Nc1ccc(C(F)(F)F)nn1)c1cccc(N2CCCC2)c1. The third-order valence-corrected chi connectivity index (χ3v) is 4.16. The molecule has 0 aliphatic carbocycles. The highest BCUT2D eigenvalue weighted by Crippen LogP contribution is 2.28. The van der Waals surface area contributed by atoms with Gasteiger partial charge in [-0.3, -0.25) is 0 Å². The predicted molar refractivity (Wildman–Crippen MR) is 87.0 cm³/mol. The fourth-order valence-corrected chi connectivity index (χ4v) is 2.83. The molecule has 24 heavy (non-hydrogen) atoms. The number of alkyl halides is 3. The minimum absolute atomic E-state index is 0.0846. The lowest BCUT2D eigenvalue weighted by atomic mass is 10.1. The van der Waals surface area contributed by atoms with Crippen LogP contribution in [0.4, 0.5) is 24.7 Å². The summed E-state index contributed by atoms with van der Waals surface area (Å²) >= 11 is 0. The van der Waals surface area contributed by atoms with Crippen LogP contribution in [0, 0.1) is 0 Å². The van der Waals surface area contributed by atoms with Crippen molar-refractivity contribution in [2.45, 2.75) is 32.0 Å². The van der Waals surface area contributed by atoms with E-state index in [4.69, 9.17) is 0 Å². The van der Waals surface area contributed by atoms with Crippen molar-refractivity contribution in [2.24, 2.45) is 0 Å². The van der Waals surface area contributed by atoms with E-state index in [9.17, 15) is 13.2 Å². The van der Waals surface area contributed by atoms with Crippen molar-refractivity contribution >= 4 is 11.5 Å². The van der Waals surface area contributed by atoms with Gasteiger partial charge in [0.15, 0.2) is 5.69 Å². The summed E-state index contributed by atoms with van der Waals surface area (Å²) < 4.78 is 37.5. The van der Waals surface area contributed by atoms with Gasteiger partial charge in [-0.05, 0) is 49.6 Å². The summed E-state index contributed by atoms with van der Waals surface area (Å²) in [6.45, 7) is 4.08. The third-order valence-electron chi connectivity index (χ3n) is 4.16.